The lowest BCUT2D eigenvalue weighted by Crippen LogP contribution is -2.32. The monoisotopic (exact) mass is 220 g/mol. The van der Waals surface area contributed by atoms with E-state index in [9.17, 15) is 4.79 Å². The van der Waals surface area contributed by atoms with E-state index in [0.717, 1.165) is 43.7 Å². The maximum Gasteiger partial charge on any atom is 0.286 e. The number of nitrogens with zero attached hydrogens (tertiary/aromatic N) is 3. The Morgan fingerprint density at radius 2 is 2.44 bits per heavy atom. The summed E-state index contributed by atoms with van der Waals surface area (Å²) in [6, 6.07) is 0. The van der Waals surface area contributed by atoms with Gasteiger partial charge in [0.2, 0.25) is 5.82 Å². The summed E-state index contributed by atoms with van der Waals surface area (Å²) in [4.78, 5) is 21.5. The summed E-state index contributed by atoms with van der Waals surface area (Å²) >= 11 is 0. The van der Waals surface area contributed by atoms with Gasteiger partial charge in [0, 0.05) is 19.3 Å². The maximum absolute atomic E-state index is 11.0. The SMILES string of the molecule is CCCN1CCc2cnc(C(N)=O)nc2C1. The Morgan fingerprint density at radius 1 is 1.62 bits per heavy atom. The van der Waals surface area contributed by atoms with E-state index in [1.54, 1.807) is 6.20 Å². The van der Waals surface area contributed by atoms with E-state index in [-0.39, 0.29) is 5.82 Å². The summed E-state index contributed by atoms with van der Waals surface area (Å²) < 4.78 is 0. The predicted molar refractivity (Wildman–Crippen MR) is 59.8 cm³/mol. The Kier molecular flexibility index (Phi) is 3.14. The Balaban J connectivity index is 2.21. The van der Waals surface area contributed by atoms with Crippen molar-refractivity contribution in [1.29, 1.82) is 0 Å². The fourth-order valence-corrected chi connectivity index (χ4v) is 1.98. The fraction of sp³-hybridized carbons (Fsp3) is 0.545. The van der Waals surface area contributed by atoms with Crippen molar-refractivity contribution in [3.63, 3.8) is 0 Å². The van der Waals surface area contributed by atoms with Crippen molar-refractivity contribution < 1.29 is 4.79 Å². The van der Waals surface area contributed by atoms with Crippen LogP contribution < -0.4 is 5.73 Å². The number of primary amides is 1. The molecule has 0 aliphatic carbocycles. The molecule has 1 aliphatic heterocycles. The molecule has 5 nitrogen and oxygen atoms in total. The molecule has 0 saturated heterocycles. The molecule has 0 bridgehead atoms. The van der Waals surface area contributed by atoms with E-state index in [2.05, 4.69) is 21.8 Å². The first-order valence-corrected chi connectivity index (χ1v) is 5.57. The van der Waals surface area contributed by atoms with Gasteiger partial charge in [0.1, 0.15) is 0 Å². The van der Waals surface area contributed by atoms with Gasteiger partial charge in [-0.2, -0.15) is 0 Å². The number of hydrogen-bond acceptors (Lipinski definition) is 4. The zero-order valence-electron chi connectivity index (χ0n) is 9.44. The van der Waals surface area contributed by atoms with Crippen molar-refractivity contribution in [3.8, 4) is 0 Å². The minimum Gasteiger partial charge on any atom is -0.363 e. The van der Waals surface area contributed by atoms with Gasteiger partial charge < -0.3 is 5.73 Å². The van der Waals surface area contributed by atoms with Crippen molar-refractivity contribution in [1.82, 2.24) is 14.9 Å². The molecule has 5 heteroatoms. The summed E-state index contributed by atoms with van der Waals surface area (Å²) in [5, 5.41) is 0. The number of hydrogen-bond donors (Lipinski definition) is 1. The average molecular weight is 220 g/mol. The molecule has 0 fully saturated rings. The molecular formula is C11H16N4O. The summed E-state index contributed by atoms with van der Waals surface area (Å²) in [5.74, 6) is -0.437. The Morgan fingerprint density at radius 3 is 3.12 bits per heavy atom. The predicted octanol–water partition coefficient (Wildman–Crippen LogP) is 0.344. The van der Waals surface area contributed by atoms with Crippen LogP contribution in [0.15, 0.2) is 6.20 Å². The quantitative estimate of drug-likeness (QED) is 0.797. The van der Waals surface area contributed by atoms with E-state index in [1.165, 1.54) is 0 Å². The molecule has 0 spiro atoms. The van der Waals surface area contributed by atoms with Crippen LogP contribution in [0.3, 0.4) is 0 Å². The highest BCUT2D eigenvalue weighted by molar-refractivity contribution is 5.88. The number of carbonyl (C=O) groups excluding carboxylic acids is 1. The topological polar surface area (TPSA) is 72.1 Å². The number of fused-ring (bicyclic) bond motifs is 1. The highest BCUT2D eigenvalue weighted by atomic mass is 16.1. The van der Waals surface area contributed by atoms with Gasteiger partial charge in [0.15, 0.2) is 0 Å². The van der Waals surface area contributed by atoms with Crippen LogP contribution in [-0.2, 0) is 13.0 Å². The fourth-order valence-electron chi connectivity index (χ4n) is 1.98. The lowest BCUT2D eigenvalue weighted by atomic mass is 10.1. The first kappa shape index (κ1) is 11.0. The van der Waals surface area contributed by atoms with Crippen molar-refractivity contribution in [2.45, 2.75) is 26.3 Å². The minimum atomic E-state index is -0.560. The van der Waals surface area contributed by atoms with Crippen LogP contribution in [0.5, 0.6) is 0 Å². The molecule has 0 atom stereocenters. The van der Waals surface area contributed by atoms with Gasteiger partial charge >= 0.3 is 0 Å². The third-order valence-corrected chi connectivity index (χ3v) is 2.79. The van der Waals surface area contributed by atoms with Gasteiger partial charge in [-0.25, -0.2) is 9.97 Å². The normalized spacial score (nSPS) is 15.8. The third kappa shape index (κ3) is 2.19. The van der Waals surface area contributed by atoms with E-state index >= 15 is 0 Å². The summed E-state index contributed by atoms with van der Waals surface area (Å²) in [6.07, 6.45) is 3.81. The van der Waals surface area contributed by atoms with Crippen molar-refractivity contribution >= 4 is 5.91 Å². The second-order valence-corrected chi connectivity index (χ2v) is 4.06. The summed E-state index contributed by atoms with van der Waals surface area (Å²) in [6.45, 7) is 5.06. The standard InChI is InChI=1S/C11H16N4O/c1-2-4-15-5-3-8-6-13-11(10(12)16)14-9(8)7-15/h6H,2-5,7H2,1H3,(H2,12,16). The lowest BCUT2D eigenvalue weighted by molar-refractivity contribution is 0.0989. The zero-order valence-corrected chi connectivity index (χ0v) is 9.44. The number of nitrogens with two attached hydrogens (primary N) is 1. The van der Waals surface area contributed by atoms with Gasteiger partial charge in [-0.15, -0.1) is 0 Å². The van der Waals surface area contributed by atoms with Crippen molar-refractivity contribution in [2.24, 2.45) is 5.73 Å². The van der Waals surface area contributed by atoms with Gasteiger partial charge in [0.05, 0.1) is 5.69 Å². The summed E-state index contributed by atoms with van der Waals surface area (Å²) in [5.41, 5.74) is 7.25. The Bertz CT molecular complexity index is 405. The van der Waals surface area contributed by atoms with Crippen LogP contribution in [-0.4, -0.2) is 33.9 Å². The van der Waals surface area contributed by atoms with E-state index in [0.29, 0.717) is 0 Å². The lowest BCUT2D eigenvalue weighted by Gasteiger charge is -2.27. The van der Waals surface area contributed by atoms with Gasteiger partial charge in [-0.05, 0) is 24.9 Å². The first-order chi connectivity index (χ1) is 7.70. The molecular weight excluding hydrogens is 204 g/mol. The average Bonchev–Trinajstić information content (AvgIpc) is 2.28. The highest BCUT2D eigenvalue weighted by Crippen LogP contribution is 2.16. The molecule has 0 saturated carbocycles. The smallest absolute Gasteiger partial charge is 0.286 e. The zero-order chi connectivity index (χ0) is 11.5. The number of aromatic nitrogens is 2. The van der Waals surface area contributed by atoms with Crippen LogP contribution in [0.1, 0.15) is 35.2 Å². The van der Waals surface area contributed by atoms with Gasteiger partial charge in [-0.3, -0.25) is 9.69 Å². The largest absolute Gasteiger partial charge is 0.363 e. The second-order valence-electron chi connectivity index (χ2n) is 4.06. The Labute approximate surface area is 94.7 Å². The molecule has 2 heterocycles. The number of rotatable bonds is 3. The van der Waals surface area contributed by atoms with Crippen LogP contribution in [0, 0.1) is 0 Å². The molecule has 0 unspecified atom stereocenters. The van der Waals surface area contributed by atoms with Crippen LogP contribution in [0.25, 0.3) is 0 Å². The number of amides is 1. The third-order valence-electron chi connectivity index (χ3n) is 2.79. The van der Waals surface area contributed by atoms with Crippen molar-refractivity contribution in [2.75, 3.05) is 13.1 Å². The van der Waals surface area contributed by atoms with Gasteiger partial charge in [0.25, 0.3) is 5.91 Å². The van der Waals surface area contributed by atoms with E-state index in [1.807, 2.05) is 0 Å². The molecule has 0 radical (unpaired) electrons. The van der Waals surface area contributed by atoms with Crippen molar-refractivity contribution in [3.05, 3.63) is 23.3 Å². The molecule has 1 aliphatic rings. The van der Waals surface area contributed by atoms with Crippen LogP contribution in [0.2, 0.25) is 0 Å². The van der Waals surface area contributed by atoms with E-state index in [4.69, 9.17) is 5.73 Å². The molecule has 1 amide bonds. The van der Waals surface area contributed by atoms with Crippen LogP contribution >= 0.6 is 0 Å². The second kappa shape index (κ2) is 4.57. The van der Waals surface area contributed by atoms with Gasteiger partial charge in [-0.1, -0.05) is 6.92 Å². The summed E-state index contributed by atoms with van der Waals surface area (Å²) in [7, 11) is 0. The highest BCUT2D eigenvalue weighted by Gasteiger charge is 2.18. The maximum atomic E-state index is 11.0. The van der Waals surface area contributed by atoms with Crippen LogP contribution in [0.4, 0.5) is 0 Å². The Hall–Kier alpha value is -1.49. The number of carbonyl (C=O) groups is 1. The molecule has 2 rings (SSSR count). The minimum absolute atomic E-state index is 0.122. The molecule has 16 heavy (non-hydrogen) atoms. The first-order valence-electron chi connectivity index (χ1n) is 5.57. The molecule has 1 aromatic heterocycles. The van der Waals surface area contributed by atoms with E-state index < -0.39 is 5.91 Å². The molecule has 86 valence electrons. The molecule has 2 N–H and O–H groups in total. The molecule has 1 aromatic rings. The molecule has 0 aromatic carbocycles.